The molecule has 2 aromatic carbocycles. The molecule has 0 saturated carbocycles. The van der Waals surface area contributed by atoms with Gasteiger partial charge in [-0.1, -0.05) is 0 Å². The summed E-state index contributed by atoms with van der Waals surface area (Å²) in [4.78, 5) is 20.3. The summed E-state index contributed by atoms with van der Waals surface area (Å²) >= 11 is 0. The highest BCUT2D eigenvalue weighted by molar-refractivity contribution is 7.89. The molecule has 0 aliphatic carbocycles. The zero-order valence-corrected chi connectivity index (χ0v) is 19.2. The number of rotatable bonds is 10. The van der Waals surface area contributed by atoms with Gasteiger partial charge in [0.05, 0.1) is 19.1 Å². The number of benzene rings is 2. The lowest BCUT2D eigenvalue weighted by molar-refractivity contribution is -0.116. The smallest absolute Gasteiger partial charge is 0.321 e. The summed E-state index contributed by atoms with van der Waals surface area (Å²) in [5.74, 6) is 0.895. The van der Waals surface area contributed by atoms with Gasteiger partial charge in [-0.3, -0.25) is 4.79 Å². The Hall–Kier alpha value is -3.70. The van der Waals surface area contributed by atoms with Crippen molar-refractivity contribution in [3.05, 3.63) is 60.4 Å². The van der Waals surface area contributed by atoms with Gasteiger partial charge in [0.2, 0.25) is 15.9 Å². The summed E-state index contributed by atoms with van der Waals surface area (Å²) < 4.78 is 43.3. The number of hydrogen-bond acceptors (Lipinski definition) is 8. The summed E-state index contributed by atoms with van der Waals surface area (Å²) in [6.45, 7) is 1.74. The van der Waals surface area contributed by atoms with E-state index < -0.39 is 10.0 Å². The van der Waals surface area contributed by atoms with E-state index in [0.29, 0.717) is 22.9 Å². The van der Waals surface area contributed by atoms with Crippen LogP contribution in [0.5, 0.6) is 23.3 Å². The maximum atomic E-state index is 12.5. The van der Waals surface area contributed by atoms with Gasteiger partial charge in [-0.25, -0.2) is 23.1 Å². The maximum absolute atomic E-state index is 12.5. The fourth-order valence-corrected chi connectivity index (χ4v) is 3.91. The zero-order valence-electron chi connectivity index (χ0n) is 18.4. The van der Waals surface area contributed by atoms with Crippen molar-refractivity contribution in [1.29, 1.82) is 0 Å². The number of sulfonamides is 1. The Bertz CT molecular complexity index is 1220. The molecular weight excluding hydrogens is 448 g/mol. The van der Waals surface area contributed by atoms with Gasteiger partial charge in [-0.05, 0) is 48.9 Å². The van der Waals surface area contributed by atoms with Crippen LogP contribution in [0.4, 0.5) is 5.69 Å². The molecule has 3 rings (SSSR count). The highest BCUT2D eigenvalue weighted by Crippen LogP contribution is 2.29. The molecule has 0 aliphatic rings. The van der Waals surface area contributed by atoms with E-state index in [0.717, 1.165) is 5.56 Å². The number of aromatic nitrogens is 2. The number of anilines is 1. The van der Waals surface area contributed by atoms with Crippen molar-refractivity contribution >= 4 is 21.6 Å². The van der Waals surface area contributed by atoms with Gasteiger partial charge >= 0.3 is 6.01 Å². The normalized spacial score (nSPS) is 11.0. The van der Waals surface area contributed by atoms with E-state index in [1.54, 1.807) is 36.7 Å². The molecule has 10 nitrogen and oxygen atoms in total. The number of carbonyl (C=O) groups excluding carboxylic acids is 1. The van der Waals surface area contributed by atoms with E-state index in [9.17, 15) is 13.2 Å². The average molecular weight is 473 g/mol. The molecule has 1 heterocycles. The molecule has 0 aliphatic heterocycles. The van der Waals surface area contributed by atoms with Crippen molar-refractivity contribution < 1.29 is 27.4 Å². The number of nitrogens with one attached hydrogen (secondary N) is 2. The highest BCUT2D eigenvalue weighted by Gasteiger charge is 2.17. The highest BCUT2D eigenvalue weighted by atomic mass is 32.2. The van der Waals surface area contributed by atoms with Crippen molar-refractivity contribution in [2.75, 3.05) is 26.1 Å². The first-order chi connectivity index (χ1) is 15.8. The lowest BCUT2D eigenvalue weighted by atomic mass is 10.2. The third-order valence-corrected chi connectivity index (χ3v) is 5.99. The van der Waals surface area contributed by atoms with Gasteiger partial charge in [0.15, 0.2) is 11.5 Å². The molecular formula is C22H24N4O6S. The fourth-order valence-electron chi connectivity index (χ4n) is 2.86. The molecule has 0 atom stereocenters. The van der Waals surface area contributed by atoms with E-state index >= 15 is 0 Å². The molecule has 11 heteroatoms. The van der Waals surface area contributed by atoms with Gasteiger partial charge in [-0.2, -0.15) is 0 Å². The number of aryl methyl sites for hydroxylation is 1. The number of ether oxygens (including phenoxy) is 3. The number of nitrogens with zero attached hydrogens (tertiary/aromatic N) is 2. The summed E-state index contributed by atoms with van der Waals surface area (Å²) in [6.07, 6.45) is 3.09. The van der Waals surface area contributed by atoms with Crippen LogP contribution < -0.4 is 24.2 Å². The second-order valence-corrected chi connectivity index (χ2v) is 8.59. The van der Waals surface area contributed by atoms with Gasteiger partial charge < -0.3 is 19.5 Å². The molecule has 0 fully saturated rings. The van der Waals surface area contributed by atoms with Crippen LogP contribution in [-0.2, 0) is 14.8 Å². The Labute approximate surface area is 192 Å². The fraction of sp³-hybridized carbons (Fsp3) is 0.227. The SMILES string of the molecule is COc1ccc(S(=O)(=O)NCCC(=O)Nc2ccc(Oc3ncccn3)cc2C)cc1OC. The first-order valence-corrected chi connectivity index (χ1v) is 11.4. The van der Waals surface area contributed by atoms with Crippen LogP contribution in [0.3, 0.4) is 0 Å². The topological polar surface area (TPSA) is 129 Å². The molecule has 0 saturated heterocycles. The Morgan fingerprint density at radius 3 is 2.39 bits per heavy atom. The number of amides is 1. The van der Waals surface area contributed by atoms with Crippen molar-refractivity contribution in [2.45, 2.75) is 18.2 Å². The largest absolute Gasteiger partial charge is 0.493 e. The van der Waals surface area contributed by atoms with Crippen molar-refractivity contribution in [3.8, 4) is 23.3 Å². The van der Waals surface area contributed by atoms with Crippen molar-refractivity contribution in [2.24, 2.45) is 0 Å². The van der Waals surface area contributed by atoms with E-state index in [1.165, 1.54) is 32.4 Å². The van der Waals surface area contributed by atoms with Gasteiger partial charge in [0, 0.05) is 37.1 Å². The first kappa shape index (κ1) is 24.0. The van der Waals surface area contributed by atoms with Crippen LogP contribution in [-0.4, -0.2) is 45.1 Å². The summed E-state index contributed by atoms with van der Waals surface area (Å²) in [7, 11) is -0.944. The minimum Gasteiger partial charge on any atom is -0.493 e. The van der Waals surface area contributed by atoms with Crippen LogP contribution in [0.1, 0.15) is 12.0 Å². The van der Waals surface area contributed by atoms with E-state index in [2.05, 4.69) is 20.0 Å². The lowest BCUT2D eigenvalue weighted by Crippen LogP contribution is -2.28. The molecule has 0 unspecified atom stereocenters. The van der Waals surface area contributed by atoms with E-state index in [1.807, 2.05) is 6.92 Å². The number of methoxy groups -OCH3 is 2. The predicted molar refractivity (Wildman–Crippen MR) is 121 cm³/mol. The standard InChI is InChI=1S/C22H24N4O6S/c1-15-13-16(32-22-23-10-4-11-24-22)5-7-18(15)26-21(27)9-12-25-33(28,29)17-6-8-19(30-2)20(14-17)31-3/h4-8,10-11,13-14,25H,9,12H2,1-3H3,(H,26,27). The minimum atomic E-state index is -3.82. The van der Waals surface area contributed by atoms with E-state index in [-0.39, 0.29) is 29.8 Å². The summed E-state index contributed by atoms with van der Waals surface area (Å²) in [5.41, 5.74) is 1.35. The zero-order chi connectivity index (χ0) is 23.8. The Morgan fingerprint density at radius 2 is 1.73 bits per heavy atom. The quantitative estimate of drug-likeness (QED) is 0.461. The number of hydrogen-bond donors (Lipinski definition) is 2. The van der Waals surface area contributed by atoms with Gasteiger partial charge in [-0.15, -0.1) is 0 Å². The molecule has 0 spiro atoms. The molecule has 33 heavy (non-hydrogen) atoms. The van der Waals surface area contributed by atoms with Gasteiger partial charge in [0.25, 0.3) is 0 Å². The summed E-state index contributed by atoms with van der Waals surface area (Å²) in [5, 5.41) is 2.76. The Balaban J connectivity index is 1.55. The van der Waals surface area contributed by atoms with Crippen LogP contribution in [0.15, 0.2) is 59.8 Å². The Kier molecular flexibility index (Phi) is 7.80. The monoisotopic (exact) mass is 472 g/mol. The first-order valence-electron chi connectivity index (χ1n) is 9.89. The van der Waals surface area contributed by atoms with Crippen LogP contribution >= 0.6 is 0 Å². The van der Waals surface area contributed by atoms with Gasteiger partial charge in [0.1, 0.15) is 5.75 Å². The molecule has 0 bridgehead atoms. The summed E-state index contributed by atoms with van der Waals surface area (Å²) in [6, 6.07) is 11.3. The molecule has 1 amide bonds. The number of carbonyl (C=O) groups is 1. The molecule has 0 radical (unpaired) electrons. The van der Waals surface area contributed by atoms with Crippen LogP contribution in [0.2, 0.25) is 0 Å². The second kappa shape index (κ2) is 10.7. The third-order valence-electron chi connectivity index (χ3n) is 4.53. The lowest BCUT2D eigenvalue weighted by Gasteiger charge is -2.12. The third kappa shape index (κ3) is 6.40. The minimum absolute atomic E-state index is 0.00869. The molecule has 1 aromatic heterocycles. The van der Waals surface area contributed by atoms with Crippen LogP contribution in [0, 0.1) is 6.92 Å². The second-order valence-electron chi connectivity index (χ2n) is 6.82. The molecule has 174 valence electrons. The predicted octanol–water partition coefficient (Wildman–Crippen LogP) is 2.90. The van der Waals surface area contributed by atoms with Crippen molar-refractivity contribution in [3.63, 3.8) is 0 Å². The van der Waals surface area contributed by atoms with Crippen LogP contribution in [0.25, 0.3) is 0 Å². The molecule has 3 aromatic rings. The van der Waals surface area contributed by atoms with E-state index in [4.69, 9.17) is 14.2 Å². The van der Waals surface area contributed by atoms with Crippen molar-refractivity contribution in [1.82, 2.24) is 14.7 Å². The maximum Gasteiger partial charge on any atom is 0.321 e. The molecule has 2 N–H and O–H groups in total. The average Bonchev–Trinajstić information content (AvgIpc) is 2.81. The Morgan fingerprint density at radius 1 is 1.00 bits per heavy atom.